The number of hydrogen-bond acceptors (Lipinski definition) is 3. The van der Waals surface area contributed by atoms with Gasteiger partial charge in [-0.05, 0) is 27.2 Å². The van der Waals surface area contributed by atoms with Crippen molar-refractivity contribution in [3.05, 3.63) is 0 Å². The molecule has 0 aromatic heterocycles. The van der Waals surface area contributed by atoms with Crippen molar-refractivity contribution < 1.29 is 14.6 Å². The Kier molecular flexibility index (Phi) is 4.00. The molecule has 1 aliphatic heterocycles. The smallest absolute Gasteiger partial charge is 0.410 e. The number of alkyl halides is 1. The zero-order chi connectivity index (χ0) is 11.6. The highest BCUT2D eigenvalue weighted by atomic mass is 79.9. The zero-order valence-electron chi connectivity index (χ0n) is 9.36. The number of carbonyl (C=O) groups excluding carboxylic acids is 1. The molecule has 1 N–H and O–H groups in total. The van der Waals surface area contributed by atoms with E-state index in [1.807, 2.05) is 20.8 Å². The Morgan fingerprint density at radius 3 is 2.67 bits per heavy atom. The number of halogens is 1. The average molecular weight is 280 g/mol. The number of rotatable bonds is 1. The second-order valence-corrected chi connectivity index (χ2v) is 5.40. The Labute approximate surface area is 98.7 Å². The van der Waals surface area contributed by atoms with Crippen molar-refractivity contribution in [1.82, 2.24) is 4.90 Å². The first-order valence-electron chi connectivity index (χ1n) is 5.09. The summed E-state index contributed by atoms with van der Waals surface area (Å²) in [4.78, 5) is 13.3. The van der Waals surface area contributed by atoms with Crippen LogP contribution in [0.1, 0.15) is 27.2 Å². The third kappa shape index (κ3) is 3.34. The van der Waals surface area contributed by atoms with E-state index in [0.717, 1.165) is 0 Å². The van der Waals surface area contributed by atoms with E-state index < -0.39 is 11.7 Å². The van der Waals surface area contributed by atoms with Crippen molar-refractivity contribution >= 4 is 22.0 Å². The lowest BCUT2D eigenvalue weighted by atomic mass is 10.2. The van der Waals surface area contributed by atoms with Gasteiger partial charge in [-0.1, -0.05) is 15.9 Å². The number of aliphatic hydroxyl groups is 1. The molecular weight excluding hydrogens is 262 g/mol. The van der Waals surface area contributed by atoms with Crippen LogP contribution >= 0.6 is 15.9 Å². The van der Waals surface area contributed by atoms with Crippen molar-refractivity contribution in [1.29, 1.82) is 0 Å². The summed E-state index contributed by atoms with van der Waals surface area (Å²) in [6.45, 7) is 6.06. The third-order valence-corrected chi connectivity index (χ3v) is 2.96. The lowest BCUT2D eigenvalue weighted by Gasteiger charge is -2.28. The van der Waals surface area contributed by atoms with Crippen molar-refractivity contribution in [2.45, 2.75) is 44.9 Å². The van der Waals surface area contributed by atoms with Crippen LogP contribution in [-0.2, 0) is 4.74 Å². The molecule has 1 heterocycles. The van der Waals surface area contributed by atoms with Gasteiger partial charge in [0, 0.05) is 11.9 Å². The Hall–Kier alpha value is -0.290. The van der Waals surface area contributed by atoms with Crippen LogP contribution in [0.3, 0.4) is 0 Å². The minimum Gasteiger partial charge on any atom is -0.444 e. The monoisotopic (exact) mass is 279 g/mol. The molecule has 5 heteroatoms. The number of hydrogen-bond donors (Lipinski definition) is 1. The predicted octanol–water partition coefficient (Wildman–Crippen LogP) is 1.75. The topological polar surface area (TPSA) is 49.8 Å². The van der Waals surface area contributed by atoms with Crippen LogP contribution in [0.4, 0.5) is 4.79 Å². The van der Waals surface area contributed by atoms with Gasteiger partial charge in [0.05, 0.1) is 12.1 Å². The van der Waals surface area contributed by atoms with Gasteiger partial charge >= 0.3 is 6.09 Å². The molecule has 0 aliphatic carbocycles. The van der Waals surface area contributed by atoms with E-state index in [-0.39, 0.29) is 12.1 Å². The Bertz CT molecular complexity index is 239. The fourth-order valence-electron chi connectivity index (χ4n) is 1.57. The number of amides is 1. The Morgan fingerprint density at radius 2 is 2.20 bits per heavy atom. The normalized spacial score (nSPS) is 26.9. The average Bonchev–Trinajstić information content (AvgIpc) is 2.43. The summed E-state index contributed by atoms with van der Waals surface area (Å²) < 4.78 is 5.26. The van der Waals surface area contributed by atoms with Crippen LogP contribution in [0.25, 0.3) is 0 Å². The minimum absolute atomic E-state index is 0.167. The van der Waals surface area contributed by atoms with E-state index in [1.54, 1.807) is 4.90 Å². The second-order valence-electron chi connectivity index (χ2n) is 4.75. The molecule has 1 saturated heterocycles. The van der Waals surface area contributed by atoms with E-state index in [2.05, 4.69) is 15.9 Å². The molecule has 1 rings (SSSR count). The van der Waals surface area contributed by atoms with Gasteiger partial charge in [-0.25, -0.2) is 4.79 Å². The summed E-state index contributed by atoms with van der Waals surface area (Å²) in [6, 6.07) is -0.167. The maximum absolute atomic E-state index is 11.7. The van der Waals surface area contributed by atoms with Crippen molar-refractivity contribution in [2.75, 3.05) is 11.9 Å². The highest BCUT2D eigenvalue weighted by Gasteiger charge is 2.37. The number of ether oxygens (including phenoxy) is 1. The minimum atomic E-state index is -0.485. The maximum Gasteiger partial charge on any atom is 0.410 e. The largest absolute Gasteiger partial charge is 0.444 e. The molecule has 1 amide bonds. The first kappa shape index (κ1) is 12.8. The SMILES string of the molecule is CC(C)(C)OC(=O)N1CC[C@@H](O)[C@@H]1CBr. The Morgan fingerprint density at radius 1 is 1.60 bits per heavy atom. The first-order valence-corrected chi connectivity index (χ1v) is 6.21. The van der Waals surface area contributed by atoms with Gasteiger partial charge < -0.3 is 14.7 Å². The fraction of sp³-hybridized carbons (Fsp3) is 0.900. The van der Waals surface area contributed by atoms with Crippen LogP contribution in [0.2, 0.25) is 0 Å². The summed E-state index contributed by atoms with van der Waals surface area (Å²) in [7, 11) is 0. The predicted molar refractivity (Wildman–Crippen MR) is 61.1 cm³/mol. The molecule has 0 spiro atoms. The van der Waals surface area contributed by atoms with E-state index in [0.29, 0.717) is 18.3 Å². The second kappa shape index (κ2) is 4.70. The molecule has 0 saturated carbocycles. The van der Waals surface area contributed by atoms with E-state index >= 15 is 0 Å². The van der Waals surface area contributed by atoms with Gasteiger partial charge in [-0.15, -0.1) is 0 Å². The van der Waals surface area contributed by atoms with Crippen LogP contribution in [-0.4, -0.2) is 45.7 Å². The maximum atomic E-state index is 11.7. The fourth-order valence-corrected chi connectivity index (χ4v) is 2.35. The summed E-state index contributed by atoms with van der Waals surface area (Å²) in [5.41, 5.74) is -0.485. The molecule has 4 nitrogen and oxygen atoms in total. The standard InChI is InChI=1S/C10H18BrNO3/c1-10(2,3)15-9(14)12-5-4-8(13)7(12)6-11/h7-8,13H,4-6H2,1-3H3/t7-,8+/m0/s1. The Balaban J connectivity index is 2.60. The van der Waals surface area contributed by atoms with Gasteiger partial charge in [-0.2, -0.15) is 0 Å². The van der Waals surface area contributed by atoms with Crippen LogP contribution in [0.5, 0.6) is 0 Å². The van der Waals surface area contributed by atoms with E-state index in [9.17, 15) is 9.90 Å². The number of likely N-dealkylation sites (tertiary alicyclic amines) is 1. The molecule has 0 aromatic carbocycles. The van der Waals surface area contributed by atoms with Crippen molar-refractivity contribution in [3.63, 3.8) is 0 Å². The highest BCUT2D eigenvalue weighted by molar-refractivity contribution is 9.09. The van der Waals surface area contributed by atoms with Gasteiger partial charge in [0.1, 0.15) is 5.60 Å². The molecular formula is C10H18BrNO3. The van der Waals surface area contributed by atoms with Crippen LogP contribution in [0.15, 0.2) is 0 Å². The van der Waals surface area contributed by atoms with Crippen LogP contribution < -0.4 is 0 Å². The quantitative estimate of drug-likeness (QED) is 0.744. The lowest BCUT2D eigenvalue weighted by Crippen LogP contribution is -2.43. The van der Waals surface area contributed by atoms with E-state index in [1.165, 1.54) is 0 Å². The molecule has 15 heavy (non-hydrogen) atoms. The van der Waals surface area contributed by atoms with Gasteiger partial charge in [0.25, 0.3) is 0 Å². The summed E-state index contributed by atoms with van der Waals surface area (Å²) in [5, 5.41) is 10.2. The van der Waals surface area contributed by atoms with Gasteiger partial charge in [-0.3, -0.25) is 0 Å². The van der Waals surface area contributed by atoms with Gasteiger partial charge in [0.2, 0.25) is 0 Å². The van der Waals surface area contributed by atoms with E-state index in [4.69, 9.17) is 4.74 Å². The number of nitrogens with zero attached hydrogens (tertiary/aromatic N) is 1. The van der Waals surface area contributed by atoms with Gasteiger partial charge in [0.15, 0.2) is 0 Å². The molecule has 0 aromatic rings. The molecule has 0 radical (unpaired) electrons. The molecule has 1 fully saturated rings. The summed E-state index contributed by atoms with van der Waals surface area (Å²) in [6.07, 6.45) is -0.171. The molecule has 0 unspecified atom stereocenters. The molecule has 2 atom stereocenters. The zero-order valence-corrected chi connectivity index (χ0v) is 11.0. The molecule has 0 bridgehead atoms. The third-order valence-electron chi connectivity index (χ3n) is 2.30. The number of aliphatic hydroxyl groups excluding tert-OH is 1. The first-order chi connectivity index (χ1) is 6.85. The lowest BCUT2D eigenvalue weighted by molar-refractivity contribution is 0.0184. The van der Waals surface area contributed by atoms with Crippen molar-refractivity contribution in [2.24, 2.45) is 0 Å². The van der Waals surface area contributed by atoms with Crippen LogP contribution in [0, 0.1) is 0 Å². The highest BCUT2D eigenvalue weighted by Crippen LogP contribution is 2.22. The molecule has 1 aliphatic rings. The summed E-state index contributed by atoms with van der Waals surface area (Å²) in [5.74, 6) is 0. The summed E-state index contributed by atoms with van der Waals surface area (Å²) >= 11 is 3.30. The molecule has 88 valence electrons. The van der Waals surface area contributed by atoms with Crippen molar-refractivity contribution in [3.8, 4) is 0 Å². The number of carbonyl (C=O) groups is 1.